The maximum absolute atomic E-state index is 13.6. The van der Waals surface area contributed by atoms with Crippen molar-refractivity contribution < 1.29 is 23.4 Å². The average molecular weight is 594 g/mol. The lowest BCUT2D eigenvalue weighted by Crippen LogP contribution is -2.26. The Morgan fingerprint density at radius 3 is 2.68 bits per heavy atom. The first-order chi connectivity index (χ1) is 19.8. The van der Waals surface area contributed by atoms with Gasteiger partial charge in [-0.05, 0) is 74.9 Å². The third-order valence-electron chi connectivity index (χ3n) is 6.02. The number of hydrogen-bond donors (Lipinski definition) is 0. The summed E-state index contributed by atoms with van der Waals surface area (Å²) >= 11 is 12.7. The molecule has 0 spiro atoms. The first-order valence-electron chi connectivity index (χ1n) is 12.8. The van der Waals surface area contributed by atoms with E-state index in [0.717, 1.165) is 5.39 Å². The van der Waals surface area contributed by atoms with Crippen LogP contribution in [0.25, 0.3) is 33.5 Å². The molecule has 0 amide bonds. The zero-order valence-electron chi connectivity index (χ0n) is 22.4. The van der Waals surface area contributed by atoms with Gasteiger partial charge in [-0.1, -0.05) is 35.3 Å². The van der Waals surface area contributed by atoms with Crippen LogP contribution < -0.4 is 15.0 Å². The Bertz CT molecular complexity index is 1850. The molecule has 0 aliphatic heterocycles. The largest absolute Gasteiger partial charge is 0.490 e. The molecule has 1 atom stereocenters. The predicted molar refractivity (Wildman–Crippen MR) is 159 cm³/mol. The first-order valence-corrected chi connectivity index (χ1v) is 13.6. The van der Waals surface area contributed by atoms with Gasteiger partial charge in [0.25, 0.3) is 5.56 Å². The van der Waals surface area contributed by atoms with E-state index in [-0.39, 0.29) is 28.8 Å². The highest BCUT2D eigenvalue weighted by Crippen LogP contribution is 2.37. The summed E-state index contributed by atoms with van der Waals surface area (Å²) in [6.45, 7) is 5.62. The maximum Gasteiger partial charge on any atom is 0.347 e. The molecule has 5 rings (SSSR count). The molecule has 0 unspecified atom stereocenters. The number of furan rings is 1. The zero-order valence-corrected chi connectivity index (χ0v) is 23.9. The smallest absolute Gasteiger partial charge is 0.347 e. The number of aromatic nitrogens is 2. The van der Waals surface area contributed by atoms with E-state index >= 15 is 0 Å². The summed E-state index contributed by atoms with van der Waals surface area (Å²) in [5.41, 5.74) is 1.20. The highest BCUT2D eigenvalue weighted by atomic mass is 35.5. The van der Waals surface area contributed by atoms with Crippen LogP contribution in [0.4, 0.5) is 0 Å². The molecule has 3 aromatic carbocycles. The molecule has 0 aliphatic carbocycles. The van der Waals surface area contributed by atoms with Gasteiger partial charge in [0.1, 0.15) is 5.58 Å². The molecule has 210 valence electrons. The van der Waals surface area contributed by atoms with Crippen LogP contribution in [0, 0.1) is 0 Å². The Labute approximate surface area is 244 Å². The fourth-order valence-electron chi connectivity index (χ4n) is 4.16. The number of halogens is 2. The lowest BCUT2D eigenvalue weighted by atomic mass is 10.2. The molecule has 0 fully saturated rings. The topological polar surface area (TPSA) is 105 Å². The molecule has 9 nitrogen and oxygen atoms in total. The average Bonchev–Trinajstić information content (AvgIpc) is 3.37. The van der Waals surface area contributed by atoms with Gasteiger partial charge >= 0.3 is 5.97 Å². The maximum atomic E-state index is 13.6. The Morgan fingerprint density at radius 1 is 1.10 bits per heavy atom. The Morgan fingerprint density at radius 2 is 1.90 bits per heavy atom. The van der Waals surface area contributed by atoms with Gasteiger partial charge in [0, 0.05) is 10.4 Å². The summed E-state index contributed by atoms with van der Waals surface area (Å²) in [7, 11) is 0. The number of ether oxygens (including phenoxy) is 3. The quantitative estimate of drug-likeness (QED) is 0.138. The lowest BCUT2D eigenvalue weighted by molar-refractivity contribution is -0.150. The number of benzene rings is 3. The number of nitrogens with zero attached hydrogens (tertiary/aromatic N) is 3. The van der Waals surface area contributed by atoms with Crippen molar-refractivity contribution in [2.75, 3.05) is 13.2 Å². The van der Waals surface area contributed by atoms with E-state index < -0.39 is 12.1 Å². The summed E-state index contributed by atoms with van der Waals surface area (Å²) in [5.74, 6) is 0.511. The van der Waals surface area contributed by atoms with Gasteiger partial charge in [-0.15, -0.1) is 0 Å². The SMILES string of the molecule is CCOC(=O)[C@H](C)Oc1c(Cl)cc(C=Nn2c(-c3cc4cc(Cl)ccc4o3)nc3ccccc3c2=O)cc1OCC. The molecule has 0 saturated heterocycles. The number of rotatable bonds is 9. The predicted octanol–water partition coefficient (Wildman–Crippen LogP) is 6.73. The highest BCUT2D eigenvalue weighted by molar-refractivity contribution is 6.32. The minimum atomic E-state index is -0.908. The number of esters is 1. The molecule has 2 heterocycles. The second-order valence-corrected chi connectivity index (χ2v) is 9.73. The normalized spacial score (nSPS) is 12.2. The second-order valence-electron chi connectivity index (χ2n) is 8.88. The third-order valence-corrected chi connectivity index (χ3v) is 6.54. The van der Waals surface area contributed by atoms with Crippen LogP contribution in [0.15, 0.2) is 75.0 Å². The summed E-state index contributed by atoms with van der Waals surface area (Å²) in [6, 6.07) is 17.2. The monoisotopic (exact) mass is 593 g/mol. The van der Waals surface area contributed by atoms with Gasteiger partial charge in [0.15, 0.2) is 23.4 Å². The molecule has 41 heavy (non-hydrogen) atoms. The lowest BCUT2D eigenvalue weighted by Gasteiger charge is -2.18. The summed E-state index contributed by atoms with van der Waals surface area (Å²) in [4.78, 5) is 30.4. The molecule has 0 N–H and O–H groups in total. The fraction of sp³-hybridized carbons (Fsp3) is 0.200. The molecular weight excluding hydrogens is 569 g/mol. The Kier molecular flexibility index (Phi) is 8.28. The van der Waals surface area contributed by atoms with Crippen molar-refractivity contribution in [1.29, 1.82) is 0 Å². The molecule has 5 aromatic rings. The van der Waals surface area contributed by atoms with Crippen molar-refractivity contribution in [2.24, 2.45) is 5.10 Å². The number of hydrogen-bond acceptors (Lipinski definition) is 8. The van der Waals surface area contributed by atoms with Gasteiger partial charge in [-0.3, -0.25) is 4.79 Å². The summed E-state index contributed by atoms with van der Waals surface area (Å²) < 4.78 is 23.7. The van der Waals surface area contributed by atoms with Crippen LogP contribution in [0.3, 0.4) is 0 Å². The number of carbonyl (C=O) groups excluding carboxylic acids is 1. The molecule has 2 aromatic heterocycles. The molecule has 11 heteroatoms. The van der Waals surface area contributed by atoms with Crippen molar-refractivity contribution >= 4 is 57.3 Å². The van der Waals surface area contributed by atoms with Gasteiger partial charge < -0.3 is 18.6 Å². The molecule has 0 radical (unpaired) electrons. The fourth-order valence-corrected chi connectivity index (χ4v) is 4.61. The number of fused-ring (bicyclic) bond motifs is 2. The minimum Gasteiger partial charge on any atom is -0.490 e. The van der Waals surface area contributed by atoms with Crippen LogP contribution in [0.5, 0.6) is 11.5 Å². The van der Waals surface area contributed by atoms with Gasteiger partial charge in [-0.2, -0.15) is 9.78 Å². The number of carbonyl (C=O) groups is 1. The van der Waals surface area contributed by atoms with Crippen LogP contribution >= 0.6 is 23.2 Å². The van der Waals surface area contributed by atoms with E-state index in [9.17, 15) is 9.59 Å². The van der Waals surface area contributed by atoms with Crippen molar-refractivity contribution in [3.05, 3.63) is 86.6 Å². The van der Waals surface area contributed by atoms with Gasteiger partial charge in [0.05, 0.1) is 35.4 Å². The summed E-state index contributed by atoms with van der Waals surface area (Å²) in [5, 5.41) is 6.36. The zero-order chi connectivity index (χ0) is 29.1. The number of para-hydroxylation sites is 1. The molecular formula is C30H25Cl2N3O6. The minimum absolute atomic E-state index is 0.187. The van der Waals surface area contributed by atoms with Gasteiger partial charge in [-0.25, -0.2) is 9.78 Å². The third kappa shape index (κ3) is 5.91. The van der Waals surface area contributed by atoms with Crippen molar-refractivity contribution in [3.63, 3.8) is 0 Å². The van der Waals surface area contributed by atoms with E-state index in [0.29, 0.717) is 45.2 Å². The van der Waals surface area contributed by atoms with Crippen molar-refractivity contribution in [3.8, 4) is 23.1 Å². The Hall–Kier alpha value is -4.34. The van der Waals surface area contributed by atoms with Crippen molar-refractivity contribution in [1.82, 2.24) is 9.66 Å². The van der Waals surface area contributed by atoms with Crippen LogP contribution in [0.1, 0.15) is 26.3 Å². The van der Waals surface area contributed by atoms with E-state index in [1.165, 1.54) is 10.9 Å². The molecule has 0 bridgehead atoms. The summed E-state index contributed by atoms with van der Waals surface area (Å²) in [6.07, 6.45) is 0.545. The van der Waals surface area contributed by atoms with Gasteiger partial charge in [0.2, 0.25) is 5.82 Å². The molecule has 0 saturated carbocycles. The van der Waals surface area contributed by atoms with Crippen molar-refractivity contribution in [2.45, 2.75) is 26.9 Å². The molecule has 0 aliphatic rings. The van der Waals surface area contributed by atoms with E-state index in [2.05, 4.69) is 10.1 Å². The van der Waals surface area contributed by atoms with Crippen LogP contribution in [-0.2, 0) is 9.53 Å². The van der Waals surface area contributed by atoms with E-state index in [1.807, 2.05) is 0 Å². The Balaban J connectivity index is 1.59. The van der Waals surface area contributed by atoms with E-state index in [4.69, 9.17) is 41.8 Å². The standard InChI is InChI=1S/C30H25Cl2N3O6/c1-4-38-25-13-18(12-22(32)27(25)40-17(3)30(37)39-5-2)16-33-35-28(34-23-9-7-6-8-21(23)29(35)36)26-15-19-14-20(31)10-11-24(19)41-26/h6-17H,4-5H2,1-3H3/t17-/m0/s1. The highest BCUT2D eigenvalue weighted by Gasteiger charge is 2.21. The van der Waals surface area contributed by atoms with Crippen LogP contribution in [0.2, 0.25) is 10.0 Å². The van der Waals surface area contributed by atoms with Crippen LogP contribution in [-0.4, -0.2) is 41.2 Å². The van der Waals surface area contributed by atoms with E-state index in [1.54, 1.807) is 81.4 Å². The first kappa shape index (κ1) is 28.2. The second kappa shape index (κ2) is 12.0.